The highest BCUT2D eigenvalue weighted by molar-refractivity contribution is 6.00. The molecule has 0 spiro atoms. The van der Waals surface area contributed by atoms with Crippen molar-refractivity contribution in [1.29, 1.82) is 0 Å². The predicted molar refractivity (Wildman–Crippen MR) is 140 cm³/mol. The highest BCUT2D eigenvalue weighted by atomic mass is 19.3. The van der Waals surface area contributed by atoms with E-state index in [1.165, 1.54) is 0 Å². The van der Waals surface area contributed by atoms with Gasteiger partial charge in [0, 0.05) is 77.9 Å². The fourth-order valence-electron chi connectivity index (χ4n) is 5.11. The molecule has 1 saturated heterocycles. The van der Waals surface area contributed by atoms with Crippen LogP contribution in [-0.4, -0.2) is 59.0 Å². The first kappa shape index (κ1) is 22.6. The zero-order valence-corrected chi connectivity index (χ0v) is 20.2. The van der Waals surface area contributed by atoms with Crippen molar-refractivity contribution < 1.29 is 8.78 Å². The van der Waals surface area contributed by atoms with Gasteiger partial charge in [0.2, 0.25) is 0 Å². The number of nitrogens with one attached hydrogen (secondary N) is 2. The van der Waals surface area contributed by atoms with E-state index in [1.807, 2.05) is 36.4 Å². The molecule has 7 rings (SSSR count). The Kier molecular flexibility index (Phi) is 5.22. The van der Waals surface area contributed by atoms with Crippen LogP contribution >= 0.6 is 0 Å². The number of H-pyrrole nitrogens is 2. The molecule has 1 fully saturated rings. The Labute approximate surface area is 215 Å². The van der Waals surface area contributed by atoms with Crippen LogP contribution in [0, 0.1) is 0 Å². The first-order chi connectivity index (χ1) is 18.5. The van der Waals surface area contributed by atoms with Gasteiger partial charge in [-0.3, -0.25) is 29.9 Å². The summed E-state index contributed by atoms with van der Waals surface area (Å²) in [6.45, 7) is 0.586. The van der Waals surface area contributed by atoms with Crippen molar-refractivity contribution in [3.8, 4) is 33.9 Å². The predicted octanol–water partition coefficient (Wildman–Crippen LogP) is 5.47. The average Bonchev–Trinajstić information content (AvgIpc) is 3.64. The molecule has 1 aliphatic heterocycles. The van der Waals surface area contributed by atoms with Crippen molar-refractivity contribution in [1.82, 2.24) is 40.0 Å². The number of alkyl halides is 2. The number of hydrogen-bond donors (Lipinski definition) is 2. The fourth-order valence-corrected chi connectivity index (χ4v) is 5.11. The molecule has 0 aliphatic carbocycles. The van der Waals surface area contributed by atoms with Gasteiger partial charge in [0.15, 0.2) is 0 Å². The second-order valence-electron chi connectivity index (χ2n) is 9.63. The molecular formula is C28H22F2N8. The van der Waals surface area contributed by atoms with Crippen molar-refractivity contribution in [2.45, 2.75) is 18.9 Å². The summed E-state index contributed by atoms with van der Waals surface area (Å²) in [7, 11) is 0. The molecule has 0 unspecified atom stereocenters. The summed E-state index contributed by atoms with van der Waals surface area (Å²) in [6.07, 6.45) is 10.4. The van der Waals surface area contributed by atoms with Crippen LogP contribution in [0.5, 0.6) is 0 Å². The first-order valence-electron chi connectivity index (χ1n) is 12.3. The Hall–Kier alpha value is -4.57. The van der Waals surface area contributed by atoms with Crippen LogP contribution in [0.15, 0.2) is 73.6 Å². The number of aromatic amines is 2. The third kappa shape index (κ3) is 4.08. The van der Waals surface area contributed by atoms with Gasteiger partial charge in [-0.25, -0.2) is 8.78 Å². The summed E-state index contributed by atoms with van der Waals surface area (Å²) in [5.74, 6) is -2.62. The first-order valence-corrected chi connectivity index (χ1v) is 12.3. The number of likely N-dealkylation sites (tertiary alicyclic amines) is 1. The Bertz CT molecular complexity index is 1780. The standard InChI is InChI=1S/C28H22F2N8/c29-28(30)4-7-38(16-28)15-17-8-19(13-32-11-17)23-9-21-25(14-34-23)36-37-27(21)24-10-20-22(35-24)3-6-33-26(20)18-2-1-5-31-12-18/h1-3,5-6,8-14,35H,4,7,15-16H2,(H,36,37). The highest BCUT2D eigenvalue weighted by Crippen LogP contribution is 2.34. The van der Waals surface area contributed by atoms with Gasteiger partial charge >= 0.3 is 0 Å². The maximum atomic E-state index is 13.6. The van der Waals surface area contributed by atoms with Crippen LogP contribution in [0.3, 0.4) is 0 Å². The van der Waals surface area contributed by atoms with Crippen LogP contribution in [0.2, 0.25) is 0 Å². The van der Waals surface area contributed by atoms with Crippen LogP contribution < -0.4 is 0 Å². The molecule has 188 valence electrons. The maximum absolute atomic E-state index is 13.6. The van der Waals surface area contributed by atoms with E-state index in [9.17, 15) is 8.78 Å². The molecule has 0 bridgehead atoms. The molecular weight excluding hydrogens is 486 g/mol. The summed E-state index contributed by atoms with van der Waals surface area (Å²) >= 11 is 0. The number of rotatable bonds is 5. The van der Waals surface area contributed by atoms with Gasteiger partial charge < -0.3 is 4.98 Å². The number of halogens is 2. The Balaban J connectivity index is 1.24. The van der Waals surface area contributed by atoms with Crippen molar-refractivity contribution >= 4 is 21.8 Å². The number of nitrogens with zero attached hydrogens (tertiary/aromatic N) is 6. The SMILES string of the molecule is FC1(F)CCN(Cc2cncc(-c3cc4c(-c5cc6c(-c7cccnc7)nccc6[nH]5)n[nH]c4cn3)c2)C1. The van der Waals surface area contributed by atoms with E-state index < -0.39 is 5.92 Å². The summed E-state index contributed by atoms with van der Waals surface area (Å²) in [4.78, 5) is 23.0. The molecule has 38 heavy (non-hydrogen) atoms. The monoisotopic (exact) mass is 508 g/mol. The molecule has 0 aromatic carbocycles. The van der Waals surface area contributed by atoms with Gasteiger partial charge in [-0.05, 0) is 42.0 Å². The highest BCUT2D eigenvalue weighted by Gasteiger charge is 2.37. The van der Waals surface area contributed by atoms with E-state index in [0.29, 0.717) is 13.1 Å². The topological polar surface area (TPSA) is 99.3 Å². The van der Waals surface area contributed by atoms with Gasteiger partial charge in [0.25, 0.3) is 5.92 Å². The molecule has 0 amide bonds. The number of aromatic nitrogens is 7. The molecule has 6 aromatic heterocycles. The van der Waals surface area contributed by atoms with Crippen LogP contribution in [0.4, 0.5) is 8.78 Å². The maximum Gasteiger partial charge on any atom is 0.261 e. The Morgan fingerprint density at radius 1 is 0.868 bits per heavy atom. The van der Waals surface area contributed by atoms with Gasteiger partial charge in [0.05, 0.1) is 35.3 Å². The summed E-state index contributed by atoms with van der Waals surface area (Å²) < 4.78 is 27.3. The van der Waals surface area contributed by atoms with Gasteiger partial charge in [-0.2, -0.15) is 5.10 Å². The quantitative estimate of drug-likeness (QED) is 0.321. The molecule has 7 heterocycles. The van der Waals surface area contributed by atoms with E-state index in [-0.39, 0.29) is 13.0 Å². The summed E-state index contributed by atoms with van der Waals surface area (Å²) in [5.41, 5.74) is 7.58. The third-order valence-corrected chi connectivity index (χ3v) is 6.93. The zero-order chi connectivity index (χ0) is 25.7. The van der Waals surface area contributed by atoms with Crippen LogP contribution in [0.1, 0.15) is 12.0 Å². The lowest BCUT2D eigenvalue weighted by Gasteiger charge is -2.15. The second kappa shape index (κ2) is 8.77. The summed E-state index contributed by atoms with van der Waals surface area (Å²) in [5, 5.41) is 9.53. The molecule has 0 radical (unpaired) electrons. The minimum Gasteiger partial charge on any atom is -0.353 e. The van der Waals surface area contributed by atoms with Gasteiger partial charge in [-0.15, -0.1) is 0 Å². The van der Waals surface area contributed by atoms with Crippen molar-refractivity contribution in [3.63, 3.8) is 0 Å². The number of pyridine rings is 4. The fraction of sp³-hybridized carbons (Fsp3) is 0.179. The molecule has 1 aliphatic rings. The van der Waals surface area contributed by atoms with E-state index in [4.69, 9.17) is 0 Å². The van der Waals surface area contributed by atoms with Crippen molar-refractivity contribution in [2.24, 2.45) is 0 Å². The molecule has 2 N–H and O–H groups in total. The summed E-state index contributed by atoms with van der Waals surface area (Å²) in [6, 6.07) is 11.8. The minimum atomic E-state index is -2.62. The van der Waals surface area contributed by atoms with Crippen molar-refractivity contribution in [2.75, 3.05) is 13.1 Å². The van der Waals surface area contributed by atoms with Gasteiger partial charge in [0.1, 0.15) is 5.69 Å². The minimum absolute atomic E-state index is 0.102. The molecule has 10 heteroatoms. The normalized spacial score (nSPS) is 15.5. The smallest absolute Gasteiger partial charge is 0.261 e. The number of fused-ring (bicyclic) bond motifs is 2. The van der Waals surface area contributed by atoms with E-state index in [2.05, 4.69) is 35.1 Å². The Morgan fingerprint density at radius 3 is 2.61 bits per heavy atom. The third-order valence-electron chi connectivity index (χ3n) is 6.93. The molecule has 0 atom stereocenters. The average molecular weight is 509 g/mol. The van der Waals surface area contributed by atoms with Gasteiger partial charge in [-0.1, -0.05) is 0 Å². The van der Waals surface area contributed by atoms with Crippen LogP contribution in [0.25, 0.3) is 55.7 Å². The molecule has 6 aromatic rings. The van der Waals surface area contributed by atoms with E-state index in [1.54, 1.807) is 42.1 Å². The van der Waals surface area contributed by atoms with E-state index in [0.717, 1.165) is 61.3 Å². The lowest BCUT2D eigenvalue weighted by molar-refractivity contribution is 0.0115. The van der Waals surface area contributed by atoms with Crippen molar-refractivity contribution in [3.05, 3.63) is 79.1 Å². The lowest BCUT2D eigenvalue weighted by Crippen LogP contribution is -2.24. The zero-order valence-electron chi connectivity index (χ0n) is 20.2. The van der Waals surface area contributed by atoms with E-state index >= 15 is 0 Å². The number of hydrogen-bond acceptors (Lipinski definition) is 6. The van der Waals surface area contributed by atoms with Crippen LogP contribution in [-0.2, 0) is 6.54 Å². The second-order valence-corrected chi connectivity index (χ2v) is 9.63. The Morgan fingerprint density at radius 2 is 1.76 bits per heavy atom. The molecule has 0 saturated carbocycles. The largest absolute Gasteiger partial charge is 0.353 e. The lowest BCUT2D eigenvalue weighted by atomic mass is 10.1. The molecule has 8 nitrogen and oxygen atoms in total.